The molecule has 19 heavy (non-hydrogen) atoms. The lowest BCUT2D eigenvalue weighted by atomic mass is 9.98. The van der Waals surface area contributed by atoms with E-state index in [-0.39, 0.29) is 11.7 Å². The molecule has 98 valence electrons. The number of phenols is 1. The molecular formula is C14H14N2O3. The summed E-state index contributed by atoms with van der Waals surface area (Å²) < 4.78 is 1.97. The average Bonchev–Trinajstić information content (AvgIpc) is 2.81. The third-order valence-corrected chi connectivity index (χ3v) is 3.54. The van der Waals surface area contributed by atoms with Crippen molar-refractivity contribution in [3.8, 4) is 17.0 Å². The summed E-state index contributed by atoms with van der Waals surface area (Å²) >= 11 is 0. The Balaban J connectivity index is 1.96. The molecule has 1 aromatic heterocycles. The normalized spacial score (nSPS) is 18.0. The fourth-order valence-electron chi connectivity index (χ4n) is 2.46. The van der Waals surface area contributed by atoms with Crippen molar-refractivity contribution in [1.82, 2.24) is 9.55 Å². The number of aryl methyl sites for hydroxylation is 1. The third-order valence-electron chi connectivity index (χ3n) is 3.54. The Kier molecular flexibility index (Phi) is 2.74. The van der Waals surface area contributed by atoms with Gasteiger partial charge in [0.15, 0.2) is 0 Å². The van der Waals surface area contributed by atoms with Crippen molar-refractivity contribution in [3.05, 3.63) is 36.3 Å². The predicted molar refractivity (Wildman–Crippen MR) is 68.8 cm³/mol. The van der Waals surface area contributed by atoms with Gasteiger partial charge in [0.05, 0.1) is 11.6 Å². The topological polar surface area (TPSA) is 75.3 Å². The lowest BCUT2D eigenvalue weighted by Crippen LogP contribution is -2.25. The molecule has 1 aliphatic rings. The van der Waals surface area contributed by atoms with Crippen molar-refractivity contribution in [2.45, 2.75) is 19.4 Å². The summed E-state index contributed by atoms with van der Waals surface area (Å²) in [6.07, 6.45) is 2.95. The number of rotatable bonds is 2. The van der Waals surface area contributed by atoms with E-state index in [0.29, 0.717) is 30.6 Å². The standard InChI is InChI=1S/C14H14N2O3/c17-12-4-2-1-3-10(12)11-8-16-6-5-9(14(18)19)7-13(16)15-11/h1-4,8-9,17H,5-7H2,(H,18,19). The van der Waals surface area contributed by atoms with Crippen LogP contribution in [0.5, 0.6) is 5.75 Å². The second-order valence-electron chi connectivity index (χ2n) is 4.78. The maximum atomic E-state index is 11.0. The molecule has 1 unspecified atom stereocenters. The van der Waals surface area contributed by atoms with Crippen LogP contribution in [-0.2, 0) is 17.8 Å². The van der Waals surface area contributed by atoms with Gasteiger partial charge in [0.25, 0.3) is 0 Å². The second-order valence-corrected chi connectivity index (χ2v) is 4.78. The molecular weight excluding hydrogens is 244 g/mol. The summed E-state index contributed by atoms with van der Waals surface area (Å²) in [5.41, 5.74) is 1.37. The molecule has 5 heteroatoms. The second kappa shape index (κ2) is 4.42. The van der Waals surface area contributed by atoms with E-state index in [0.717, 1.165) is 5.82 Å². The molecule has 3 rings (SSSR count). The number of hydrogen-bond donors (Lipinski definition) is 2. The summed E-state index contributed by atoms with van der Waals surface area (Å²) in [5.74, 6) is -0.157. The van der Waals surface area contributed by atoms with Crippen LogP contribution in [0, 0.1) is 5.92 Å². The van der Waals surface area contributed by atoms with Gasteiger partial charge in [0.2, 0.25) is 0 Å². The Hall–Kier alpha value is -2.30. The van der Waals surface area contributed by atoms with Crippen LogP contribution in [0.1, 0.15) is 12.2 Å². The van der Waals surface area contributed by atoms with Crippen LogP contribution in [0.15, 0.2) is 30.5 Å². The summed E-state index contributed by atoms with van der Waals surface area (Å²) in [7, 11) is 0. The van der Waals surface area contributed by atoms with Crippen molar-refractivity contribution in [2.75, 3.05) is 0 Å². The molecule has 2 N–H and O–H groups in total. The lowest BCUT2D eigenvalue weighted by molar-refractivity contribution is -0.142. The van der Waals surface area contributed by atoms with Crippen LogP contribution in [0.3, 0.4) is 0 Å². The number of hydrogen-bond acceptors (Lipinski definition) is 3. The van der Waals surface area contributed by atoms with Crippen LogP contribution >= 0.6 is 0 Å². The van der Waals surface area contributed by atoms with E-state index in [1.807, 2.05) is 16.8 Å². The summed E-state index contributed by atoms with van der Waals surface area (Å²) in [4.78, 5) is 15.5. The highest BCUT2D eigenvalue weighted by Crippen LogP contribution is 2.30. The zero-order valence-electron chi connectivity index (χ0n) is 10.3. The molecule has 1 atom stereocenters. The van der Waals surface area contributed by atoms with Gasteiger partial charge in [-0.2, -0.15) is 0 Å². The fourth-order valence-corrected chi connectivity index (χ4v) is 2.46. The maximum absolute atomic E-state index is 11.0. The summed E-state index contributed by atoms with van der Waals surface area (Å²) in [6.45, 7) is 0.660. The van der Waals surface area contributed by atoms with Crippen molar-refractivity contribution >= 4 is 5.97 Å². The first-order valence-electron chi connectivity index (χ1n) is 6.22. The molecule has 2 aromatic rings. The first-order chi connectivity index (χ1) is 9.15. The molecule has 5 nitrogen and oxygen atoms in total. The molecule has 0 bridgehead atoms. The molecule has 0 fully saturated rings. The Morgan fingerprint density at radius 3 is 2.89 bits per heavy atom. The van der Waals surface area contributed by atoms with Crippen LogP contribution in [0.2, 0.25) is 0 Å². The van der Waals surface area contributed by atoms with E-state index >= 15 is 0 Å². The quantitative estimate of drug-likeness (QED) is 0.862. The van der Waals surface area contributed by atoms with Gasteiger partial charge < -0.3 is 14.8 Å². The number of carboxylic acids is 1. The van der Waals surface area contributed by atoms with E-state index in [2.05, 4.69) is 4.98 Å². The summed E-state index contributed by atoms with van der Waals surface area (Å²) in [5, 5.41) is 18.9. The highest BCUT2D eigenvalue weighted by Gasteiger charge is 2.26. The zero-order chi connectivity index (χ0) is 13.4. The number of aliphatic carboxylic acids is 1. The number of para-hydroxylation sites is 1. The number of nitrogens with zero attached hydrogens (tertiary/aromatic N) is 2. The van der Waals surface area contributed by atoms with Gasteiger partial charge in [0.1, 0.15) is 11.6 Å². The molecule has 0 aliphatic carbocycles. The number of imidazole rings is 1. The van der Waals surface area contributed by atoms with E-state index in [1.165, 1.54) is 0 Å². The predicted octanol–water partition coefficient (Wildman–Crippen LogP) is 1.90. The molecule has 1 aromatic carbocycles. The van der Waals surface area contributed by atoms with Gasteiger partial charge in [-0.25, -0.2) is 4.98 Å². The monoisotopic (exact) mass is 258 g/mol. The van der Waals surface area contributed by atoms with Crippen molar-refractivity contribution in [3.63, 3.8) is 0 Å². The number of benzene rings is 1. The van der Waals surface area contributed by atoms with Gasteiger partial charge in [-0.15, -0.1) is 0 Å². The first kappa shape index (κ1) is 11.8. The van der Waals surface area contributed by atoms with Crippen LogP contribution in [0.25, 0.3) is 11.3 Å². The van der Waals surface area contributed by atoms with E-state index in [4.69, 9.17) is 5.11 Å². The minimum Gasteiger partial charge on any atom is -0.507 e. The Morgan fingerprint density at radius 2 is 2.16 bits per heavy atom. The number of phenolic OH excluding ortho intramolecular Hbond substituents is 1. The largest absolute Gasteiger partial charge is 0.507 e. The highest BCUT2D eigenvalue weighted by atomic mass is 16.4. The Labute approximate surface area is 110 Å². The molecule has 0 amide bonds. The van der Waals surface area contributed by atoms with Crippen LogP contribution in [0.4, 0.5) is 0 Å². The molecule has 1 aliphatic heterocycles. The lowest BCUT2D eigenvalue weighted by Gasteiger charge is -2.19. The SMILES string of the molecule is O=C(O)C1CCn2cc(-c3ccccc3O)nc2C1. The van der Waals surface area contributed by atoms with E-state index < -0.39 is 5.97 Å². The minimum absolute atomic E-state index is 0.188. The maximum Gasteiger partial charge on any atom is 0.307 e. The molecule has 0 spiro atoms. The van der Waals surface area contributed by atoms with E-state index in [9.17, 15) is 9.90 Å². The molecule has 0 saturated carbocycles. The zero-order valence-corrected chi connectivity index (χ0v) is 10.3. The third kappa shape index (κ3) is 2.07. The summed E-state index contributed by atoms with van der Waals surface area (Å²) in [6, 6.07) is 7.02. The molecule has 0 saturated heterocycles. The number of aromatic hydroxyl groups is 1. The Morgan fingerprint density at radius 1 is 1.37 bits per heavy atom. The van der Waals surface area contributed by atoms with Gasteiger partial charge in [-0.3, -0.25) is 4.79 Å². The number of carbonyl (C=O) groups is 1. The minimum atomic E-state index is -0.765. The van der Waals surface area contributed by atoms with Gasteiger partial charge in [0, 0.05) is 24.7 Å². The van der Waals surface area contributed by atoms with Crippen LogP contribution in [-0.4, -0.2) is 25.7 Å². The first-order valence-corrected chi connectivity index (χ1v) is 6.22. The number of aromatic nitrogens is 2. The highest BCUT2D eigenvalue weighted by molar-refractivity contribution is 5.71. The van der Waals surface area contributed by atoms with Crippen molar-refractivity contribution in [2.24, 2.45) is 5.92 Å². The van der Waals surface area contributed by atoms with E-state index in [1.54, 1.807) is 18.2 Å². The van der Waals surface area contributed by atoms with Gasteiger partial charge in [-0.1, -0.05) is 12.1 Å². The molecule has 2 heterocycles. The smallest absolute Gasteiger partial charge is 0.307 e. The fraction of sp³-hybridized carbons (Fsp3) is 0.286. The van der Waals surface area contributed by atoms with Crippen LogP contribution < -0.4 is 0 Å². The van der Waals surface area contributed by atoms with Crippen molar-refractivity contribution < 1.29 is 15.0 Å². The molecule has 0 radical (unpaired) electrons. The van der Waals surface area contributed by atoms with Crippen molar-refractivity contribution in [1.29, 1.82) is 0 Å². The Bertz CT molecular complexity index is 633. The number of carboxylic acid groups (broad SMARTS) is 1. The van der Waals surface area contributed by atoms with Gasteiger partial charge >= 0.3 is 5.97 Å². The average molecular weight is 258 g/mol. The van der Waals surface area contributed by atoms with Gasteiger partial charge in [-0.05, 0) is 18.6 Å². The number of fused-ring (bicyclic) bond motifs is 1.